The van der Waals surface area contributed by atoms with E-state index >= 15 is 0 Å². The molecule has 2 heterocycles. The first kappa shape index (κ1) is 24.7. The highest BCUT2D eigenvalue weighted by molar-refractivity contribution is 5.93. The van der Waals surface area contributed by atoms with Gasteiger partial charge in [0.1, 0.15) is 23.3 Å². The Hall–Kier alpha value is -4.96. The minimum Gasteiger partial charge on any atom is -0.457 e. The topological polar surface area (TPSA) is 128 Å². The molecule has 10 nitrogen and oxygen atoms in total. The third-order valence-electron chi connectivity index (χ3n) is 6.12. The van der Waals surface area contributed by atoms with Crippen LogP contribution in [0.5, 0.6) is 11.5 Å². The van der Waals surface area contributed by atoms with Crippen LogP contribution in [0.1, 0.15) is 12.8 Å². The number of imidazole rings is 1. The third-order valence-corrected chi connectivity index (χ3v) is 6.12. The van der Waals surface area contributed by atoms with Crippen LogP contribution in [0.4, 0.5) is 11.5 Å². The number of rotatable bonds is 8. The molecule has 10 heteroatoms. The summed E-state index contributed by atoms with van der Waals surface area (Å²) in [5, 5.41) is 9.05. The maximum absolute atomic E-state index is 13.8. The molecule has 3 aromatic carbocycles. The van der Waals surface area contributed by atoms with Gasteiger partial charge >= 0.3 is 5.69 Å². The second-order valence-electron chi connectivity index (χ2n) is 8.59. The summed E-state index contributed by atoms with van der Waals surface area (Å²) in [4.78, 5) is 36.3. The average Bonchev–Trinajstić information content (AvgIpc) is 3.25. The van der Waals surface area contributed by atoms with Crippen LogP contribution in [0, 0.1) is 0 Å². The van der Waals surface area contributed by atoms with E-state index in [1.54, 1.807) is 55.6 Å². The second kappa shape index (κ2) is 10.6. The zero-order chi connectivity index (χ0) is 26.6. The highest BCUT2D eigenvalue weighted by Gasteiger charge is 2.21. The number of carbonyl (C=O) groups excluding carboxylic acids is 1. The summed E-state index contributed by atoms with van der Waals surface area (Å²) in [5.74, 6) is 1.33. The Labute approximate surface area is 218 Å². The van der Waals surface area contributed by atoms with Gasteiger partial charge in [0.05, 0.1) is 11.4 Å². The van der Waals surface area contributed by atoms with Gasteiger partial charge in [0.2, 0.25) is 5.91 Å². The highest BCUT2D eigenvalue weighted by atomic mass is 16.5. The number of aliphatic hydroxyl groups excluding tert-OH is 1. The fourth-order valence-electron chi connectivity index (χ4n) is 4.19. The first-order chi connectivity index (χ1) is 18.5. The van der Waals surface area contributed by atoms with Crippen molar-refractivity contribution in [2.24, 2.45) is 0 Å². The predicted octanol–water partition coefficient (Wildman–Crippen LogP) is 3.68. The molecular formula is C28H26N6O4. The number of aromatic nitrogens is 4. The Morgan fingerprint density at radius 2 is 1.68 bits per heavy atom. The van der Waals surface area contributed by atoms with Crippen molar-refractivity contribution in [2.75, 3.05) is 24.3 Å². The van der Waals surface area contributed by atoms with Crippen LogP contribution in [-0.2, 0) is 4.79 Å². The van der Waals surface area contributed by atoms with E-state index < -0.39 is 5.69 Å². The maximum atomic E-state index is 13.8. The van der Waals surface area contributed by atoms with Crippen molar-refractivity contribution in [3.05, 3.63) is 95.7 Å². The molecule has 0 aliphatic heterocycles. The predicted molar refractivity (Wildman–Crippen MR) is 145 cm³/mol. The lowest BCUT2D eigenvalue weighted by Gasteiger charge is -2.18. The quantitative estimate of drug-likeness (QED) is 0.326. The number of amides is 1. The summed E-state index contributed by atoms with van der Waals surface area (Å²) in [6.07, 6.45) is 1.90. The summed E-state index contributed by atoms with van der Waals surface area (Å²) >= 11 is 0. The summed E-state index contributed by atoms with van der Waals surface area (Å²) in [6, 6.07) is 23.5. The molecule has 0 aliphatic carbocycles. The van der Waals surface area contributed by atoms with Gasteiger partial charge in [-0.25, -0.2) is 19.3 Å². The van der Waals surface area contributed by atoms with Gasteiger partial charge in [-0.15, -0.1) is 0 Å². The van der Waals surface area contributed by atoms with Crippen molar-refractivity contribution in [3.8, 4) is 22.9 Å². The Bertz CT molecular complexity index is 1640. The number of aliphatic hydroxyl groups is 1. The number of hydrogen-bond donors (Lipinski definition) is 2. The fraction of sp³-hybridized carbons (Fsp3) is 0.143. The average molecular weight is 511 g/mol. The van der Waals surface area contributed by atoms with Gasteiger partial charge in [0.25, 0.3) is 0 Å². The first-order valence-corrected chi connectivity index (χ1v) is 12.0. The fourth-order valence-corrected chi connectivity index (χ4v) is 4.19. The van der Waals surface area contributed by atoms with Crippen molar-refractivity contribution < 1.29 is 14.6 Å². The van der Waals surface area contributed by atoms with E-state index in [4.69, 9.17) is 15.6 Å². The van der Waals surface area contributed by atoms with Crippen molar-refractivity contribution in [2.45, 2.75) is 12.8 Å². The molecule has 0 radical (unpaired) electrons. The van der Waals surface area contributed by atoms with Gasteiger partial charge in [-0.3, -0.25) is 9.36 Å². The number of nitrogen functional groups attached to an aromatic ring is 1. The Kier molecular flexibility index (Phi) is 6.88. The van der Waals surface area contributed by atoms with Crippen LogP contribution in [0.25, 0.3) is 22.5 Å². The maximum Gasteiger partial charge on any atom is 0.339 e. The molecule has 0 unspecified atom stereocenters. The van der Waals surface area contributed by atoms with Crippen LogP contribution < -0.4 is 21.1 Å². The number of nitrogens with zero attached hydrogens (tertiary/aromatic N) is 5. The Morgan fingerprint density at radius 1 is 0.947 bits per heavy atom. The van der Waals surface area contributed by atoms with E-state index in [-0.39, 0.29) is 24.8 Å². The molecule has 0 spiro atoms. The van der Waals surface area contributed by atoms with E-state index in [1.165, 1.54) is 20.4 Å². The highest BCUT2D eigenvalue weighted by Crippen LogP contribution is 2.27. The van der Waals surface area contributed by atoms with Crippen molar-refractivity contribution in [3.63, 3.8) is 0 Å². The number of nitrogens with two attached hydrogens (primary N) is 1. The minimum absolute atomic E-state index is 0.0605. The van der Waals surface area contributed by atoms with Crippen LogP contribution in [-0.4, -0.2) is 43.8 Å². The molecule has 1 amide bonds. The standard InChI is InChI=1S/C28H26N6O4/c1-32(24(36)11-6-16-35)20-7-5-8-21(17-20)34-27-25(26(29)30-18-31-27)33(28(34)37)19-12-14-23(15-13-19)38-22-9-3-2-4-10-22/h2-5,7-10,12-15,17-18,35H,6,11,16H2,1H3,(H2,29,30,31). The van der Waals surface area contributed by atoms with E-state index in [9.17, 15) is 9.59 Å². The summed E-state index contributed by atoms with van der Waals surface area (Å²) < 4.78 is 8.78. The number of fused-ring (bicyclic) bond motifs is 1. The van der Waals surface area contributed by atoms with Gasteiger partial charge in [-0.05, 0) is 61.0 Å². The van der Waals surface area contributed by atoms with Crippen molar-refractivity contribution in [1.29, 1.82) is 0 Å². The SMILES string of the molecule is CN(C(=O)CCCO)c1cccc(-n2c(=O)n(-c3ccc(Oc4ccccc4)cc3)c3c(N)ncnc32)c1. The lowest BCUT2D eigenvalue weighted by Crippen LogP contribution is -2.26. The first-order valence-electron chi connectivity index (χ1n) is 12.0. The van der Waals surface area contributed by atoms with Crippen LogP contribution in [0.2, 0.25) is 0 Å². The summed E-state index contributed by atoms with van der Waals surface area (Å²) in [7, 11) is 1.66. The number of anilines is 2. The van der Waals surface area contributed by atoms with E-state index in [2.05, 4.69) is 9.97 Å². The summed E-state index contributed by atoms with van der Waals surface area (Å²) in [6.45, 7) is -0.0605. The zero-order valence-electron chi connectivity index (χ0n) is 20.7. The molecule has 0 fully saturated rings. The molecule has 0 bridgehead atoms. The minimum atomic E-state index is -0.393. The largest absolute Gasteiger partial charge is 0.457 e. The number of benzene rings is 3. The van der Waals surface area contributed by atoms with Gasteiger partial charge in [0.15, 0.2) is 11.5 Å². The van der Waals surface area contributed by atoms with Gasteiger partial charge < -0.3 is 20.5 Å². The molecule has 0 saturated heterocycles. The number of ether oxygens (including phenoxy) is 1. The van der Waals surface area contributed by atoms with Crippen molar-refractivity contribution in [1.82, 2.24) is 19.1 Å². The van der Waals surface area contributed by atoms with Crippen LogP contribution in [0.15, 0.2) is 90.0 Å². The molecule has 5 rings (SSSR count). The van der Waals surface area contributed by atoms with Crippen LogP contribution in [0.3, 0.4) is 0 Å². The number of para-hydroxylation sites is 1. The lowest BCUT2D eigenvalue weighted by atomic mass is 10.2. The molecule has 2 aromatic heterocycles. The molecule has 0 aliphatic rings. The monoisotopic (exact) mass is 510 g/mol. The number of carbonyl (C=O) groups is 1. The van der Waals surface area contributed by atoms with Gasteiger partial charge in [0, 0.05) is 25.8 Å². The van der Waals surface area contributed by atoms with Gasteiger partial charge in [-0.2, -0.15) is 0 Å². The molecule has 3 N–H and O–H groups in total. The normalized spacial score (nSPS) is 11.0. The molecule has 38 heavy (non-hydrogen) atoms. The van der Waals surface area contributed by atoms with E-state index in [0.29, 0.717) is 46.1 Å². The third kappa shape index (κ3) is 4.72. The molecule has 0 atom stereocenters. The number of hydrogen-bond acceptors (Lipinski definition) is 7. The van der Waals surface area contributed by atoms with E-state index in [0.717, 1.165) is 0 Å². The Balaban J connectivity index is 1.57. The smallest absolute Gasteiger partial charge is 0.339 e. The van der Waals surface area contributed by atoms with Crippen molar-refractivity contribution >= 4 is 28.6 Å². The zero-order valence-corrected chi connectivity index (χ0v) is 20.7. The molecule has 192 valence electrons. The van der Waals surface area contributed by atoms with Gasteiger partial charge in [-0.1, -0.05) is 24.3 Å². The second-order valence-corrected chi connectivity index (χ2v) is 8.59. The van der Waals surface area contributed by atoms with E-state index in [1.807, 2.05) is 30.3 Å². The molecular weight excluding hydrogens is 484 g/mol. The summed E-state index contributed by atoms with van der Waals surface area (Å²) in [5.41, 5.74) is 8.21. The van der Waals surface area contributed by atoms with Crippen LogP contribution >= 0.6 is 0 Å². The lowest BCUT2D eigenvalue weighted by molar-refractivity contribution is -0.118. The Morgan fingerprint density at radius 3 is 2.42 bits per heavy atom. The molecule has 5 aromatic rings. The molecule has 0 saturated carbocycles.